The van der Waals surface area contributed by atoms with E-state index in [1.165, 1.54) is 20.3 Å². The van der Waals surface area contributed by atoms with Crippen molar-refractivity contribution in [1.29, 1.82) is 0 Å². The van der Waals surface area contributed by atoms with E-state index in [1.807, 2.05) is 0 Å². The van der Waals surface area contributed by atoms with Crippen molar-refractivity contribution in [3.05, 3.63) is 34.7 Å². The highest BCUT2D eigenvalue weighted by molar-refractivity contribution is 6.31. The van der Waals surface area contributed by atoms with Crippen molar-refractivity contribution in [2.24, 2.45) is 0 Å². The molecule has 0 saturated heterocycles. The second kappa shape index (κ2) is 7.92. The minimum Gasteiger partial charge on any atom is -0.495 e. The lowest BCUT2D eigenvalue weighted by molar-refractivity contribution is -0.153. The van der Waals surface area contributed by atoms with Crippen LogP contribution in [0.1, 0.15) is 12.5 Å². The van der Waals surface area contributed by atoms with Crippen LogP contribution in [0.3, 0.4) is 0 Å². The van der Waals surface area contributed by atoms with Crippen LogP contribution in [0.5, 0.6) is 5.75 Å². The number of aryl methyl sites for hydroxylation is 1. The summed E-state index contributed by atoms with van der Waals surface area (Å²) in [4.78, 5) is 24.1. The molecule has 0 radical (unpaired) electrons. The van der Waals surface area contributed by atoms with Crippen LogP contribution in [-0.4, -0.2) is 38.3 Å². The van der Waals surface area contributed by atoms with Gasteiger partial charge in [-0.25, -0.2) is 4.79 Å². The molecule has 1 N–H and O–H groups in total. The Morgan fingerprint density at radius 2 is 2.08 bits per heavy atom. The predicted molar refractivity (Wildman–Crippen MR) is 86.9 cm³/mol. The third-order valence-corrected chi connectivity index (χ3v) is 3.65. The van der Waals surface area contributed by atoms with Crippen LogP contribution in [0.4, 0.5) is 5.69 Å². The third-order valence-electron chi connectivity index (χ3n) is 3.24. The fraction of sp³-hybridized carbons (Fsp3) is 0.375. The highest BCUT2D eigenvalue weighted by Crippen LogP contribution is 2.31. The van der Waals surface area contributed by atoms with Crippen molar-refractivity contribution in [1.82, 2.24) is 0 Å². The maximum atomic E-state index is 12.2. The smallest absolute Gasteiger partial charge is 0.377 e. The largest absolute Gasteiger partial charge is 0.495 e. The summed E-state index contributed by atoms with van der Waals surface area (Å²) in [5.41, 5.74) is 1.21. The van der Waals surface area contributed by atoms with Crippen LogP contribution in [0.2, 0.25) is 5.02 Å². The molecular weight excluding hydrogens is 338 g/mol. The molecule has 1 aromatic rings. The molecule has 1 atom stereocenters. The van der Waals surface area contributed by atoms with Crippen molar-refractivity contribution in [2.75, 3.05) is 25.6 Å². The second-order valence-electron chi connectivity index (χ2n) is 5.04. The SMILES string of the molecule is COc1cc(Cl)c(C)cc1NC(=O)C(C)OC(=O)C1=COCCO1. The third kappa shape index (κ3) is 4.32. The average Bonchev–Trinajstić information content (AvgIpc) is 2.58. The maximum absolute atomic E-state index is 12.2. The summed E-state index contributed by atoms with van der Waals surface area (Å²) < 4.78 is 20.3. The van der Waals surface area contributed by atoms with Gasteiger partial charge >= 0.3 is 5.97 Å². The molecule has 0 saturated carbocycles. The maximum Gasteiger partial charge on any atom is 0.377 e. The number of rotatable bonds is 5. The van der Waals surface area contributed by atoms with Gasteiger partial charge in [-0.15, -0.1) is 0 Å². The first-order valence-electron chi connectivity index (χ1n) is 7.23. The average molecular weight is 356 g/mol. The van der Waals surface area contributed by atoms with Gasteiger partial charge in [0, 0.05) is 11.1 Å². The summed E-state index contributed by atoms with van der Waals surface area (Å²) in [7, 11) is 1.47. The highest BCUT2D eigenvalue weighted by Gasteiger charge is 2.24. The Balaban J connectivity index is 2.02. The molecule has 0 spiro atoms. The van der Waals surface area contributed by atoms with E-state index in [4.69, 9.17) is 30.5 Å². The fourth-order valence-corrected chi connectivity index (χ4v) is 2.07. The molecule has 0 fully saturated rings. The van der Waals surface area contributed by atoms with Gasteiger partial charge < -0.3 is 24.3 Å². The first kappa shape index (κ1) is 17.9. The normalized spacial score (nSPS) is 14.6. The van der Waals surface area contributed by atoms with Crippen LogP contribution in [0.25, 0.3) is 0 Å². The molecule has 1 aromatic carbocycles. The second-order valence-corrected chi connectivity index (χ2v) is 5.45. The number of halogens is 1. The number of carbonyl (C=O) groups excluding carboxylic acids is 2. The number of amides is 1. The molecule has 1 amide bonds. The Kier molecular flexibility index (Phi) is 5.92. The zero-order chi connectivity index (χ0) is 17.7. The molecule has 8 heteroatoms. The van der Waals surface area contributed by atoms with Gasteiger partial charge in [-0.1, -0.05) is 11.6 Å². The van der Waals surface area contributed by atoms with Gasteiger partial charge in [0.05, 0.1) is 12.8 Å². The van der Waals surface area contributed by atoms with E-state index < -0.39 is 18.0 Å². The minimum atomic E-state index is -1.04. The van der Waals surface area contributed by atoms with Crippen LogP contribution >= 0.6 is 11.6 Å². The Hall–Kier alpha value is -2.41. The van der Waals surface area contributed by atoms with Gasteiger partial charge in [-0.3, -0.25) is 4.79 Å². The van der Waals surface area contributed by atoms with Crippen molar-refractivity contribution >= 4 is 29.2 Å². The topological polar surface area (TPSA) is 83.1 Å². The lowest BCUT2D eigenvalue weighted by Gasteiger charge is -2.18. The van der Waals surface area contributed by atoms with Crippen molar-refractivity contribution < 1.29 is 28.5 Å². The number of hydrogen-bond acceptors (Lipinski definition) is 6. The van der Waals surface area contributed by atoms with Crippen LogP contribution in [-0.2, 0) is 23.8 Å². The van der Waals surface area contributed by atoms with Gasteiger partial charge in [0.2, 0.25) is 5.76 Å². The quantitative estimate of drug-likeness (QED) is 0.817. The lowest BCUT2D eigenvalue weighted by Crippen LogP contribution is -2.31. The molecule has 2 rings (SSSR count). The molecule has 1 aliphatic rings. The van der Waals surface area contributed by atoms with E-state index >= 15 is 0 Å². The summed E-state index contributed by atoms with van der Waals surface area (Å²) >= 11 is 6.02. The Labute approximate surface area is 144 Å². The molecule has 130 valence electrons. The van der Waals surface area contributed by atoms with Crippen molar-refractivity contribution in [3.8, 4) is 5.75 Å². The number of anilines is 1. The molecule has 1 heterocycles. The van der Waals surface area contributed by atoms with E-state index in [-0.39, 0.29) is 12.4 Å². The number of benzene rings is 1. The Morgan fingerprint density at radius 1 is 1.33 bits per heavy atom. The van der Waals surface area contributed by atoms with E-state index in [2.05, 4.69) is 5.32 Å². The fourth-order valence-electron chi connectivity index (χ4n) is 1.91. The van der Waals surface area contributed by atoms with Gasteiger partial charge in [0.25, 0.3) is 5.91 Å². The molecule has 24 heavy (non-hydrogen) atoms. The molecule has 1 aliphatic heterocycles. The van der Waals surface area contributed by atoms with Crippen LogP contribution in [0, 0.1) is 6.92 Å². The van der Waals surface area contributed by atoms with E-state index in [9.17, 15) is 9.59 Å². The number of ether oxygens (including phenoxy) is 4. The highest BCUT2D eigenvalue weighted by atomic mass is 35.5. The first-order chi connectivity index (χ1) is 11.4. The standard InChI is InChI=1S/C16H18ClNO6/c1-9-6-12(13(21-3)7-11(9)17)18-15(19)10(2)24-16(20)14-8-22-4-5-23-14/h6-8,10H,4-5H2,1-3H3,(H,18,19). The van der Waals surface area contributed by atoms with Gasteiger partial charge in [-0.2, -0.15) is 0 Å². The zero-order valence-electron chi connectivity index (χ0n) is 13.6. The molecular formula is C16H18ClNO6. The summed E-state index contributed by atoms with van der Waals surface area (Å²) in [6.07, 6.45) is 0.131. The van der Waals surface area contributed by atoms with E-state index in [0.717, 1.165) is 5.56 Å². The van der Waals surface area contributed by atoms with Crippen molar-refractivity contribution in [2.45, 2.75) is 20.0 Å². The molecule has 1 unspecified atom stereocenters. The van der Waals surface area contributed by atoms with Gasteiger partial charge in [-0.05, 0) is 25.5 Å². The summed E-state index contributed by atoms with van der Waals surface area (Å²) in [6.45, 7) is 3.87. The molecule has 0 aliphatic carbocycles. The Morgan fingerprint density at radius 3 is 2.71 bits per heavy atom. The zero-order valence-corrected chi connectivity index (χ0v) is 14.3. The van der Waals surface area contributed by atoms with Crippen molar-refractivity contribution in [3.63, 3.8) is 0 Å². The monoisotopic (exact) mass is 355 g/mol. The van der Waals surface area contributed by atoms with Gasteiger partial charge in [0.1, 0.15) is 25.2 Å². The number of hydrogen-bond donors (Lipinski definition) is 1. The minimum absolute atomic E-state index is 0.0687. The van der Waals surface area contributed by atoms with E-state index in [1.54, 1.807) is 19.1 Å². The summed E-state index contributed by atoms with van der Waals surface area (Å²) in [5.74, 6) is -0.942. The van der Waals surface area contributed by atoms with Gasteiger partial charge in [0.15, 0.2) is 6.10 Å². The lowest BCUT2D eigenvalue weighted by atomic mass is 10.2. The number of nitrogens with one attached hydrogen (secondary N) is 1. The molecule has 7 nitrogen and oxygen atoms in total. The van der Waals surface area contributed by atoms with E-state index in [0.29, 0.717) is 23.1 Å². The first-order valence-corrected chi connectivity index (χ1v) is 7.60. The molecule has 0 aromatic heterocycles. The van der Waals surface area contributed by atoms with Crippen LogP contribution < -0.4 is 10.1 Å². The number of esters is 1. The summed E-state index contributed by atoms with van der Waals surface area (Å²) in [5, 5.41) is 3.17. The predicted octanol–water partition coefficient (Wildman–Crippen LogP) is 2.42. The van der Waals surface area contributed by atoms with Crippen LogP contribution in [0.15, 0.2) is 24.2 Å². The molecule has 0 bridgehead atoms. The number of methoxy groups -OCH3 is 1. The summed E-state index contributed by atoms with van der Waals surface area (Å²) in [6, 6.07) is 3.27. The number of carbonyl (C=O) groups is 2. The Bertz CT molecular complexity index is 673.